The Hall–Kier alpha value is -2.69. The van der Waals surface area contributed by atoms with E-state index in [1.807, 2.05) is 36.1 Å². The minimum Gasteiger partial charge on any atom is -0.356 e. The van der Waals surface area contributed by atoms with Crippen LogP contribution in [-0.2, 0) is 11.2 Å². The number of amides is 2. The molecule has 2 aromatic carbocycles. The van der Waals surface area contributed by atoms with Crippen molar-refractivity contribution in [3.05, 3.63) is 71.0 Å². The summed E-state index contributed by atoms with van der Waals surface area (Å²) < 4.78 is 12.9. The summed E-state index contributed by atoms with van der Waals surface area (Å²) in [6.07, 6.45) is 2.04. The highest BCUT2D eigenvalue weighted by atomic mass is 19.1. The van der Waals surface area contributed by atoms with Crippen molar-refractivity contribution in [1.29, 1.82) is 0 Å². The SMILES string of the molecule is Cc1ccccc1C(=O)N1CCC(C(=O)NCCc2ccc(F)cc2)CC1. The molecule has 3 rings (SSSR count). The Labute approximate surface area is 159 Å². The topological polar surface area (TPSA) is 49.4 Å². The van der Waals surface area contributed by atoms with Crippen LogP contribution in [0.5, 0.6) is 0 Å². The summed E-state index contributed by atoms with van der Waals surface area (Å²) >= 11 is 0. The molecule has 0 bridgehead atoms. The van der Waals surface area contributed by atoms with Gasteiger partial charge in [0, 0.05) is 31.1 Å². The minimum absolute atomic E-state index is 0.0418. The van der Waals surface area contributed by atoms with Gasteiger partial charge in [0.15, 0.2) is 0 Å². The van der Waals surface area contributed by atoms with Crippen LogP contribution in [0.2, 0.25) is 0 Å². The molecule has 27 heavy (non-hydrogen) atoms. The molecule has 5 heteroatoms. The number of likely N-dealkylation sites (tertiary alicyclic amines) is 1. The van der Waals surface area contributed by atoms with Gasteiger partial charge in [0.05, 0.1) is 0 Å². The third kappa shape index (κ3) is 4.94. The van der Waals surface area contributed by atoms with Gasteiger partial charge in [0.2, 0.25) is 5.91 Å². The number of piperidine rings is 1. The molecule has 2 amide bonds. The second-order valence-electron chi connectivity index (χ2n) is 7.05. The molecule has 142 valence electrons. The Morgan fingerprint density at radius 2 is 1.74 bits per heavy atom. The molecule has 0 aliphatic carbocycles. The number of hydrogen-bond donors (Lipinski definition) is 1. The number of carbonyl (C=O) groups excluding carboxylic acids is 2. The van der Waals surface area contributed by atoms with Crippen LogP contribution in [0.15, 0.2) is 48.5 Å². The fourth-order valence-corrected chi connectivity index (χ4v) is 3.45. The lowest BCUT2D eigenvalue weighted by Crippen LogP contribution is -2.43. The van der Waals surface area contributed by atoms with E-state index in [2.05, 4.69) is 5.32 Å². The van der Waals surface area contributed by atoms with Crippen molar-refractivity contribution in [3.63, 3.8) is 0 Å². The molecule has 2 aromatic rings. The number of nitrogens with zero attached hydrogens (tertiary/aromatic N) is 1. The van der Waals surface area contributed by atoms with Crippen molar-refractivity contribution in [2.24, 2.45) is 5.92 Å². The lowest BCUT2D eigenvalue weighted by Gasteiger charge is -2.31. The molecule has 1 fully saturated rings. The first kappa shape index (κ1) is 19.1. The predicted molar refractivity (Wildman–Crippen MR) is 103 cm³/mol. The quantitative estimate of drug-likeness (QED) is 0.880. The molecule has 4 nitrogen and oxygen atoms in total. The highest BCUT2D eigenvalue weighted by molar-refractivity contribution is 5.95. The standard InChI is InChI=1S/C22H25FN2O2/c1-16-4-2-3-5-20(16)22(27)25-14-11-18(12-15-25)21(26)24-13-10-17-6-8-19(23)9-7-17/h2-9,18H,10-15H2,1H3,(H,24,26). The van der Waals surface area contributed by atoms with Gasteiger partial charge in [0.1, 0.15) is 5.82 Å². The zero-order chi connectivity index (χ0) is 19.2. The number of nitrogens with one attached hydrogen (secondary N) is 1. The summed E-state index contributed by atoms with van der Waals surface area (Å²) in [6, 6.07) is 13.9. The van der Waals surface area contributed by atoms with Crippen LogP contribution in [0.1, 0.15) is 34.3 Å². The van der Waals surface area contributed by atoms with Crippen LogP contribution >= 0.6 is 0 Å². The summed E-state index contributed by atoms with van der Waals surface area (Å²) in [5.41, 5.74) is 2.71. The molecular formula is C22H25FN2O2. The highest BCUT2D eigenvalue weighted by Crippen LogP contribution is 2.20. The molecule has 1 N–H and O–H groups in total. The highest BCUT2D eigenvalue weighted by Gasteiger charge is 2.28. The monoisotopic (exact) mass is 368 g/mol. The summed E-state index contributed by atoms with van der Waals surface area (Å²) in [4.78, 5) is 26.9. The van der Waals surface area contributed by atoms with Crippen molar-refractivity contribution in [3.8, 4) is 0 Å². The molecule has 1 aliphatic rings. The van der Waals surface area contributed by atoms with Gasteiger partial charge in [-0.15, -0.1) is 0 Å². The van der Waals surface area contributed by atoms with E-state index in [4.69, 9.17) is 0 Å². The van der Waals surface area contributed by atoms with E-state index >= 15 is 0 Å². The lowest BCUT2D eigenvalue weighted by molar-refractivity contribution is -0.126. The Bertz CT molecular complexity index is 796. The van der Waals surface area contributed by atoms with Crippen LogP contribution in [0.3, 0.4) is 0 Å². The van der Waals surface area contributed by atoms with E-state index in [1.165, 1.54) is 12.1 Å². The van der Waals surface area contributed by atoms with Gasteiger partial charge in [-0.2, -0.15) is 0 Å². The van der Waals surface area contributed by atoms with Crippen molar-refractivity contribution >= 4 is 11.8 Å². The van der Waals surface area contributed by atoms with Crippen molar-refractivity contribution in [2.45, 2.75) is 26.2 Å². The summed E-state index contributed by atoms with van der Waals surface area (Å²) in [7, 11) is 0. The van der Waals surface area contributed by atoms with Gasteiger partial charge in [-0.1, -0.05) is 30.3 Å². The van der Waals surface area contributed by atoms with E-state index < -0.39 is 0 Å². The molecule has 0 atom stereocenters. The smallest absolute Gasteiger partial charge is 0.254 e. The number of rotatable bonds is 5. The maximum atomic E-state index is 12.9. The van der Waals surface area contributed by atoms with Crippen LogP contribution in [0.25, 0.3) is 0 Å². The van der Waals surface area contributed by atoms with Crippen molar-refractivity contribution in [2.75, 3.05) is 19.6 Å². The van der Waals surface area contributed by atoms with Gasteiger partial charge in [-0.25, -0.2) is 4.39 Å². The molecule has 1 aliphatic heterocycles. The summed E-state index contributed by atoms with van der Waals surface area (Å²) in [5.74, 6) is -0.225. The predicted octanol–water partition coefficient (Wildman–Crippen LogP) is 3.35. The third-order valence-corrected chi connectivity index (χ3v) is 5.15. The van der Waals surface area contributed by atoms with E-state index in [0.717, 1.165) is 16.7 Å². The third-order valence-electron chi connectivity index (χ3n) is 5.15. The summed E-state index contributed by atoms with van der Waals surface area (Å²) in [6.45, 7) is 3.67. The van der Waals surface area contributed by atoms with E-state index in [1.54, 1.807) is 12.1 Å². The van der Waals surface area contributed by atoms with Gasteiger partial charge in [0.25, 0.3) is 5.91 Å². The zero-order valence-electron chi connectivity index (χ0n) is 15.6. The van der Waals surface area contributed by atoms with E-state index in [0.29, 0.717) is 38.9 Å². The fourth-order valence-electron chi connectivity index (χ4n) is 3.45. The van der Waals surface area contributed by atoms with Crippen molar-refractivity contribution < 1.29 is 14.0 Å². The molecule has 1 saturated heterocycles. The first-order valence-electron chi connectivity index (χ1n) is 9.41. The molecule has 0 radical (unpaired) electrons. The van der Waals surface area contributed by atoms with E-state index in [9.17, 15) is 14.0 Å². The fraction of sp³-hybridized carbons (Fsp3) is 0.364. The maximum absolute atomic E-state index is 12.9. The van der Waals surface area contributed by atoms with Crippen molar-refractivity contribution in [1.82, 2.24) is 10.2 Å². The average molecular weight is 368 g/mol. The van der Waals surface area contributed by atoms with Gasteiger partial charge in [-0.3, -0.25) is 9.59 Å². The zero-order valence-corrected chi connectivity index (χ0v) is 15.6. The summed E-state index contributed by atoms with van der Waals surface area (Å²) in [5, 5.41) is 2.96. The first-order valence-corrected chi connectivity index (χ1v) is 9.41. The number of benzene rings is 2. The van der Waals surface area contributed by atoms with Crippen LogP contribution < -0.4 is 5.32 Å². The Morgan fingerprint density at radius 1 is 1.07 bits per heavy atom. The number of hydrogen-bond acceptors (Lipinski definition) is 2. The largest absolute Gasteiger partial charge is 0.356 e. The normalized spacial score (nSPS) is 14.8. The lowest BCUT2D eigenvalue weighted by atomic mass is 9.95. The van der Waals surface area contributed by atoms with Gasteiger partial charge < -0.3 is 10.2 Å². The average Bonchev–Trinajstić information content (AvgIpc) is 2.69. The Morgan fingerprint density at radius 3 is 2.41 bits per heavy atom. The second kappa shape index (κ2) is 8.80. The molecule has 0 aromatic heterocycles. The molecule has 0 saturated carbocycles. The minimum atomic E-state index is -0.255. The number of carbonyl (C=O) groups is 2. The maximum Gasteiger partial charge on any atom is 0.254 e. The Balaban J connectivity index is 1.44. The molecule has 0 spiro atoms. The first-order chi connectivity index (χ1) is 13.0. The Kier molecular flexibility index (Phi) is 6.22. The second-order valence-corrected chi connectivity index (χ2v) is 7.05. The van der Waals surface area contributed by atoms with Crippen LogP contribution in [-0.4, -0.2) is 36.3 Å². The number of halogens is 1. The molecule has 0 unspecified atom stereocenters. The van der Waals surface area contributed by atoms with Gasteiger partial charge in [-0.05, 0) is 55.5 Å². The van der Waals surface area contributed by atoms with Gasteiger partial charge >= 0.3 is 0 Å². The van der Waals surface area contributed by atoms with E-state index in [-0.39, 0.29) is 23.5 Å². The molecule has 1 heterocycles. The number of aryl methyl sites for hydroxylation is 1. The molecular weight excluding hydrogens is 343 g/mol. The van der Waals surface area contributed by atoms with Crippen LogP contribution in [0.4, 0.5) is 4.39 Å². The van der Waals surface area contributed by atoms with Crippen LogP contribution in [0, 0.1) is 18.7 Å².